The maximum Gasteiger partial charge on any atom is 0.313 e. The van der Waals surface area contributed by atoms with E-state index in [0.29, 0.717) is 71.5 Å². The standard InChI is InChI=1S/C30H47N3O7/c1-4-13-32(16-15-31-17-21-38-22-18-31)27(36)25-30-12-11-29(6-3,40-30)24(28(37)39-20-5-2)23(30)26(35)33(25)14-9-7-8-10-19-34/h4-5,23-25,34H,1-2,6-22H2,3H3/t23-,24+,25?,29-,30?/m0/s1. The molecule has 2 amide bonds. The minimum Gasteiger partial charge on any atom is -0.461 e. The zero-order valence-corrected chi connectivity index (χ0v) is 24.1. The van der Waals surface area contributed by atoms with Crippen LogP contribution in [0.4, 0.5) is 0 Å². The first kappa shape index (κ1) is 30.7. The summed E-state index contributed by atoms with van der Waals surface area (Å²) in [5.41, 5.74) is -1.88. The minimum absolute atomic E-state index is 0.0641. The van der Waals surface area contributed by atoms with Crippen LogP contribution in [0.3, 0.4) is 0 Å². The van der Waals surface area contributed by atoms with E-state index in [9.17, 15) is 14.4 Å². The number of carbonyl (C=O) groups excluding carboxylic acids is 3. The van der Waals surface area contributed by atoms with Crippen LogP contribution in [0.2, 0.25) is 0 Å². The van der Waals surface area contributed by atoms with Gasteiger partial charge in [-0.2, -0.15) is 0 Å². The van der Waals surface area contributed by atoms with Crippen molar-refractivity contribution in [3.8, 4) is 0 Å². The maximum absolute atomic E-state index is 14.5. The van der Waals surface area contributed by atoms with Gasteiger partial charge in [-0.1, -0.05) is 38.5 Å². The molecule has 5 atom stereocenters. The van der Waals surface area contributed by atoms with Crippen LogP contribution in [0, 0.1) is 11.8 Å². The molecular weight excluding hydrogens is 514 g/mol. The Hall–Kier alpha value is -2.27. The number of likely N-dealkylation sites (tertiary alicyclic amines) is 1. The molecule has 4 heterocycles. The summed E-state index contributed by atoms with van der Waals surface area (Å²) in [4.78, 5) is 47.8. The van der Waals surface area contributed by atoms with Gasteiger partial charge in [0.15, 0.2) is 0 Å². The number of fused-ring (bicyclic) bond motifs is 1. The monoisotopic (exact) mass is 561 g/mol. The number of esters is 1. The van der Waals surface area contributed by atoms with Crippen molar-refractivity contribution in [2.45, 2.75) is 69.1 Å². The lowest BCUT2D eigenvalue weighted by Crippen LogP contribution is -2.57. The van der Waals surface area contributed by atoms with Crippen molar-refractivity contribution in [1.29, 1.82) is 0 Å². The van der Waals surface area contributed by atoms with E-state index in [1.165, 1.54) is 6.08 Å². The van der Waals surface area contributed by atoms with E-state index in [0.717, 1.165) is 25.9 Å². The molecule has 4 saturated heterocycles. The van der Waals surface area contributed by atoms with Gasteiger partial charge in [0.25, 0.3) is 0 Å². The number of hydrogen-bond acceptors (Lipinski definition) is 8. The number of unbranched alkanes of at least 4 members (excludes halogenated alkanes) is 3. The van der Waals surface area contributed by atoms with Gasteiger partial charge in [0.1, 0.15) is 24.2 Å². The second kappa shape index (κ2) is 13.6. The number of carbonyl (C=O) groups is 3. The highest BCUT2D eigenvalue weighted by molar-refractivity contribution is 5.98. The molecule has 224 valence electrons. The SMILES string of the molecule is C=CCOC(=O)[C@H]1[C@H]2C(=O)N(CCCCCCO)C(C(=O)N(CC=C)CCN3CCOCC3)C23CC[C@]1(CC)O3. The lowest BCUT2D eigenvalue weighted by atomic mass is 9.65. The fourth-order valence-electron chi connectivity index (χ4n) is 7.28. The molecule has 4 aliphatic rings. The molecule has 0 aliphatic carbocycles. The summed E-state index contributed by atoms with van der Waals surface area (Å²) in [6.45, 7) is 14.7. The number of ether oxygens (including phenoxy) is 3. The first-order valence-corrected chi connectivity index (χ1v) is 15.0. The van der Waals surface area contributed by atoms with Crippen molar-refractivity contribution in [2.24, 2.45) is 11.8 Å². The van der Waals surface area contributed by atoms with E-state index in [4.69, 9.17) is 19.3 Å². The molecule has 4 fully saturated rings. The van der Waals surface area contributed by atoms with Crippen LogP contribution in [0.1, 0.15) is 51.9 Å². The molecule has 0 radical (unpaired) electrons. The highest BCUT2D eigenvalue weighted by Gasteiger charge is 2.79. The lowest BCUT2D eigenvalue weighted by Gasteiger charge is -2.37. The van der Waals surface area contributed by atoms with Gasteiger partial charge in [0.05, 0.1) is 24.7 Å². The molecule has 10 heteroatoms. The molecular formula is C30H47N3O7. The van der Waals surface area contributed by atoms with Crippen LogP contribution in [0.5, 0.6) is 0 Å². The van der Waals surface area contributed by atoms with Crippen LogP contribution in [-0.2, 0) is 28.6 Å². The first-order chi connectivity index (χ1) is 19.4. The highest BCUT2D eigenvalue weighted by atomic mass is 16.6. The van der Waals surface area contributed by atoms with Gasteiger partial charge < -0.3 is 29.1 Å². The fraction of sp³-hybridized carbons (Fsp3) is 0.767. The summed E-state index contributed by atoms with van der Waals surface area (Å²) in [6, 6.07) is -0.807. The number of amides is 2. The Morgan fingerprint density at radius 1 is 1.12 bits per heavy atom. The van der Waals surface area contributed by atoms with Crippen molar-refractivity contribution < 1.29 is 33.7 Å². The number of aliphatic hydroxyl groups excluding tert-OH is 1. The lowest BCUT2D eigenvalue weighted by molar-refractivity contribution is -0.161. The van der Waals surface area contributed by atoms with E-state index in [1.807, 2.05) is 6.92 Å². The van der Waals surface area contributed by atoms with E-state index in [-0.39, 0.29) is 25.0 Å². The van der Waals surface area contributed by atoms with Crippen molar-refractivity contribution >= 4 is 17.8 Å². The summed E-state index contributed by atoms with van der Waals surface area (Å²) in [6.07, 6.45) is 8.04. The predicted molar refractivity (Wildman–Crippen MR) is 149 cm³/mol. The van der Waals surface area contributed by atoms with Crippen LogP contribution < -0.4 is 0 Å². The second-order valence-electron chi connectivity index (χ2n) is 11.4. The Balaban J connectivity index is 1.63. The molecule has 0 aromatic heterocycles. The topological polar surface area (TPSA) is 109 Å². The number of nitrogens with zero attached hydrogens (tertiary/aromatic N) is 3. The molecule has 2 unspecified atom stereocenters. The van der Waals surface area contributed by atoms with Crippen LogP contribution >= 0.6 is 0 Å². The van der Waals surface area contributed by atoms with Gasteiger partial charge in [0, 0.05) is 45.9 Å². The van der Waals surface area contributed by atoms with Crippen LogP contribution in [-0.4, -0.2) is 121 Å². The summed E-state index contributed by atoms with van der Waals surface area (Å²) in [5, 5.41) is 9.16. The number of hydrogen-bond donors (Lipinski definition) is 1. The van der Waals surface area contributed by atoms with E-state index in [1.54, 1.807) is 15.9 Å². The Bertz CT molecular complexity index is 938. The molecule has 0 saturated carbocycles. The molecule has 0 aromatic carbocycles. The van der Waals surface area contributed by atoms with Crippen molar-refractivity contribution in [1.82, 2.24) is 14.7 Å². The average Bonchev–Trinajstić information content (AvgIpc) is 3.57. The van der Waals surface area contributed by atoms with Gasteiger partial charge in [-0.15, -0.1) is 6.58 Å². The second-order valence-corrected chi connectivity index (χ2v) is 11.4. The van der Waals surface area contributed by atoms with Gasteiger partial charge in [0.2, 0.25) is 11.8 Å². The van der Waals surface area contributed by atoms with Crippen LogP contribution in [0.25, 0.3) is 0 Å². The number of aliphatic hydroxyl groups is 1. The molecule has 1 spiro atoms. The molecule has 4 aliphatic heterocycles. The predicted octanol–water partition coefficient (Wildman–Crippen LogP) is 1.77. The summed E-state index contributed by atoms with van der Waals surface area (Å²) in [5.74, 6) is -2.30. The summed E-state index contributed by atoms with van der Waals surface area (Å²) >= 11 is 0. The Morgan fingerprint density at radius 3 is 2.55 bits per heavy atom. The van der Waals surface area contributed by atoms with Crippen molar-refractivity contribution in [2.75, 3.05) is 65.7 Å². The molecule has 40 heavy (non-hydrogen) atoms. The van der Waals surface area contributed by atoms with E-state index in [2.05, 4.69) is 18.1 Å². The third kappa shape index (κ3) is 5.73. The molecule has 1 N–H and O–H groups in total. The Labute approximate surface area is 238 Å². The fourth-order valence-corrected chi connectivity index (χ4v) is 7.28. The number of rotatable bonds is 16. The number of morpholine rings is 1. The van der Waals surface area contributed by atoms with Crippen LogP contribution in [0.15, 0.2) is 25.3 Å². The minimum atomic E-state index is -1.06. The third-order valence-corrected chi connectivity index (χ3v) is 9.27. The zero-order valence-electron chi connectivity index (χ0n) is 24.1. The van der Waals surface area contributed by atoms with Gasteiger partial charge in [-0.3, -0.25) is 19.3 Å². The Morgan fingerprint density at radius 2 is 1.88 bits per heavy atom. The Kier molecular flexibility index (Phi) is 10.4. The van der Waals surface area contributed by atoms with Crippen molar-refractivity contribution in [3.63, 3.8) is 0 Å². The quantitative estimate of drug-likeness (QED) is 0.173. The molecule has 0 aromatic rings. The summed E-state index contributed by atoms with van der Waals surface area (Å²) < 4.78 is 17.8. The van der Waals surface area contributed by atoms with Gasteiger partial charge in [-0.25, -0.2) is 0 Å². The normalized spacial score (nSPS) is 31.3. The van der Waals surface area contributed by atoms with Crippen molar-refractivity contribution in [3.05, 3.63) is 25.3 Å². The highest BCUT2D eigenvalue weighted by Crippen LogP contribution is 2.64. The van der Waals surface area contributed by atoms with E-state index >= 15 is 0 Å². The smallest absolute Gasteiger partial charge is 0.313 e. The zero-order chi connectivity index (χ0) is 28.8. The third-order valence-electron chi connectivity index (χ3n) is 9.27. The molecule has 4 rings (SSSR count). The largest absolute Gasteiger partial charge is 0.461 e. The maximum atomic E-state index is 14.5. The average molecular weight is 562 g/mol. The van der Waals surface area contributed by atoms with E-state index < -0.39 is 35.0 Å². The molecule has 2 bridgehead atoms. The van der Waals surface area contributed by atoms with Gasteiger partial charge >= 0.3 is 5.97 Å². The molecule has 10 nitrogen and oxygen atoms in total. The summed E-state index contributed by atoms with van der Waals surface area (Å²) in [7, 11) is 0. The van der Waals surface area contributed by atoms with Gasteiger partial charge in [-0.05, 0) is 32.1 Å². The first-order valence-electron chi connectivity index (χ1n) is 15.0.